The van der Waals surface area contributed by atoms with Crippen LogP contribution >= 0.6 is 0 Å². The van der Waals surface area contributed by atoms with E-state index in [-0.39, 0.29) is 5.91 Å². The minimum absolute atomic E-state index is 0.0952. The van der Waals surface area contributed by atoms with Crippen LogP contribution in [0.5, 0.6) is 5.75 Å². The molecule has 1 amide bonds. The molecule has 5 atom stereocenters. The van der Waals surface area contributed by atoms with Crippen LogP contribution in [0.15, 0.2) is 72.8 Å². The number of benzene rings is 3. The molecule has 0 unspecified atom stereocenters. The van der Waals surface area contributed by atoms with Crippen LogP contribution in [0.1, 0.15) is 52.7 Å². The summed E-state index contributed by atoms with van der Waals surface area (Å²) in [4.78, 5) is 13.1. The molecule has 1 heterocycles. The molecule has 32 heavy (non-hydrogen) atoms. The Kier molecular flexibility index (Phi) is 4.67. The first kappa shape index (κ1) is 19.4. The maximum absolute atomic E-state index is 13.1. The Labute approximate surface area is 189 Å². The van der Waals surface area contributed by atoms with E-state index >= 15 is 0 Å². The SMILES string of the molecule is COc1ccccc1NC(=O)c1ccc2c(c1)[C@H]1[C@H]3CC[C@@H](C3)[C@@H]1[C@H](c1ccccc1)N2. The molecule has 2 fully saturated rings. The van der Waals surface area contributed by atoms with E-state index < -0.39 is 0 Å². The van der Waals surface area contributed by atoms with Gasteiger partial charge in [0.25, 0.3) is 5.91 Å². The van der Waals surface area contributed by atoms with Crippen molar-refractivity contribution < 1.29 is 9.53 Å². The normalized spacial score (nSPS) is 27.2. The van der Waals surface area contributed by atoms with Gasteiger partial charge in [-0.1, -0.05) is 42.5 Å². The highest BCUT2D eigenvalue weighted by molar-refractivity contribution is 6.05. The van der Waals surface area contributed by atoms with Gasteiger partial charge < -0.3 is 15.4 Å². The quantitative estimate of drug-likeness (QED) is 0.521. The number of ether oxygens (including phenoxy) is 1. The maximum Gasteiger partial charge on any atom is 0.255 e. The fraction of sp³-hybridized carbons (Fsp3) is 0.321. The third kappa shape index (κ3) is 3.09. The number of para-hydroxylation sites is 2. The van der Waals surface area contributed by atoms with Gasteiger partial charge in [0, 0.05) is 11.3 Å². The van der Waals surface area contributed by atoms with E-state index in [4.69, 9.17) is 4.74 Å². The average Bonchev–Trinajstić information content (AvgIpc) is 3.47. The molecule has 4 nitrogen and oxygen atoms in total. The van der Waals surface area contributed by atoms with Gasteiger partial charge in [0.05, 0.1) is 18.8 Å². The van der Waals surface area contributed by atoms with Crippen LogP contribution < -0.4 is 15.4 Å². The monoisotopic (exact) mass is 424 g/mol. The number of nitrogens with one attached hydrogen (secondary N) is 2. The van der Waals surface area contributed by atoms with Gasteiger partial charge in [0.1, 0.15) is 5.75 Å². The lowest BCUT2D eigenvalue weighted by molar-refractivity contribution is 0.102. The molecular weight excluding hydrogens is 396 g/mol. The topological polar surface area (TPSA) is 50.4 Å². The predicted octanol–water partition coefficient (Wildman–Crippen LogP) is 6.24. The van der Waals surface area contributed by atoms with Crippen LogP contribution in [-0.2, 0) is 0 Å². The Bertz CT molecular complexity index is 1160. The van der Waals surface area contributed by atoms with Gasteiger partial charge in [-0.15, -0.1) is 0 Å². The molecule has 2 bridgehead atoms. The van der Waals surface area contributed by atoms with Crippen molar-refractivity contribution in [1.29, 1.82) is 0 Å². The summed E-state index contributed by atoms with van der Waals surface area (Å²) in [6.45, 7) is 0. The molecule has 0 radical (unpaired) electrons. The van der Waals surface area contributed by atoms with Crippen LogP contribution in [0.4, 0.5) is 11.4 Å². The lowest BCUT2D eigenvalue weighted by Gasteiger charge is -2.43. The van der Waals surface area contributed by atoms with Crippen molar-refractivity contribution in [3.8, 4) is 5.75 Å². The van der Waals surface area contributed by atoms with E-state index in [9.17, 15) is 4.79 Å². The number of hydrogen-bond acceptors (Lipinski definition) is 3. The highest BCUT2D eigenvalue weighted by atomic mass is 16.5. The fourth-order valence-electron chi connectivity index (χ4n) is 6.56. The molecule has 1 aliphatic heterocycles. The van der Waals surface area contributed by atoms with E-state index in [0.717, 1.165) is 11.8 Å². The zero-order valence-corrected chi connectivity index (χ0v) is 18.3. The van der Waals surface area contributed by atoms with Crippen LogP contribution in [0, 0.1) is 17.8 Å². The number of carbonyl (C=O) groups is 1. The first-order chi connectivity index (χ1) is 15.7. The molecule has 3 aromatic rings. The van der Waals surface area contributed by atoms with E-state index in [0.29, 0.717) is 34.9 Å². The Morgan fingerprint density at radius 3 is 2.59 bits per heavy atom. The van der Waals surface area contributed by atoms with Crippen molar-refractivity contribution in [2.75, 3.05) is 17.7 Å². The lowest BCUT2D eigenvalue weighted by Crippen LogP contribution is -2.35. The molecule has 162 valence electrons. The molecule has 3 aromatic carbocycles. The van der Waals surface area contributed by atoms with Gasteiger partial charge in [0.15, 0.2) is 0 Å². The Morgan fingerprint density at radius 1 is 0.969 bits per heavy atom. The molecule has 4 heteroatoms. The zero-order valence-electron chi connectivity index (χ0n) is 18.3. The largest absolute Gasteiger partial charge is 0.495 e. The van der Waals surface area contributed by atoms with E-state index in [1.54, 1.807) is 7.11 Å². The summed E-state index contributed by atoms with van der Waals surface area (Å²) >= 11 is 0. The Balaban J connectivity index is 1.35. The van der Waals surface area contributed by atoms with E-state index in [1.807, 2.05) is 30.3 Å². The molecule has 2 saturated carbocycles. The number of hydrogen-bond donors (Lipinski definition) is 2. The molecule has 3 aliphatic rings. The number of carbonyl (C=O) groups excluding carboxylic acids is 1. The number of anilines is 2. The van der Waals surface area contributed by atoms with Crippen molar-refractivity contribution >= 4 is 17.3 Å². The summed E-state index contributed by atoms with van der Waals surface area (Å²) in [5, 5.41) is 6.88. The molecule has 0 spiro atoms. The number of fused-ring (bicyclic) bond motifs is 7. The van der Waals surface area contributed by atoms with Gasteiger partial charge >= 0.3 is 0 Å². The summed E-state index contributed by atoms with van der Waals surface area (Å²) in [6, 6.07) is 24.9. The predicted molar refractivity (Wildman–Crippen MR) is 127 cm³/mol. The summed E-state index contributed by atoms with van der Waals surface area (Å²) in [5.74, 6) is 3.18. The highest BCUT2D eigenvalue weighted by Crippen LogP contribution is 2.63. The summed E-state index contributed by atoms with van der Waals surface area (Å²) < 4.78 is 5.39. The van der Waals surface area contributed by atoms with E-state index in [1.165, 1.54) is 36.1 Å². The van der Waals surface area contributed by atoms with Crippen LogP contribution in [-0.4, -0.2) is 13.0 Å². The van der Waals surface area contributed by atoms with Crippen LogP contribution in [0.3, 0.4) is 0 Å². The van der Waals surface area contributed by atoms with Crippen molar-refractivity contribution in [1.82, 2.24) is 0 Å². The van der Waals surface area contributed by atoms with Crippen molar-refractivity contribution in [3.05, 3.63) is 89.5 Å². The molecule has 2 aliphatic carbocycles. The summed E-state index contributed by atoms with van der Waals surface area (Å²) in [6.07, 6.45) is 3.96. The molecule has 0 aromatic heterocycles. The van der Waals surface area contributed by atoms with Crippen LogP contribution in [0.25, 0.3) is 0 Å². The van der Waals surface area contributed by atoms with Gasteiger partial charge in [0.2, 0.25) is 0 Å². The second-order valence-electron chi connectivity index (χ2n) is 9.43. The van der Waals surface area contributed by atoms with Crippen molar-refractivity contribution in [3.63, 3.8) is 0 Å². The first-order valence-corrected chi connectivity index (χ1v) is 11.6. The second kappa shape index (κ2) is 7.70. The number of methoxy groups -OCH3 is 1. The third-order valence-corrected chi connectivity index (χ3v) is 7.86. The van der Waals surface area contributed by atoms with Gasteiger partial charge in [-0.05, 0) is 84.4 Å². The maximum atomic E-state index is 13.1. The lowest BCUT2D eigenvalue weighted by atomic mass is 9.68. The number of rotatable bonds is 4. The zero-order chi connectivity index (χ0) is 21.7. The number of amides is 1. The smallest absolute Gasteiger partial charge is 0.255 e. The minimum atomic E-state index is -0.0952. The highest BCUT2D eigenvalue weighted by Gasteiger charge is 2.53. The van der Waals surface area contributed by atoms with Crippen molar-refractivity contribution in [2.45, 2.75) is 31.2 Å². The molecule has 2 N–H and O–H groups in total. The first-order valence-electron chi connectivity index (χ1n) is 11.6. The average molecular weight is 425 g/mol. The second-order valence-corrected chi connectivity index (χ2v) is 9.43. The minimum Gasteiger partial charge on any atom is -0.495 e. The van der Waals surface area contributed by atoms with Crippen molar-refractivity contribution in [2.24, 2.45) is 17.8 Å². The molecule has 0 saturated heterocycles. The molecular formula is C28H28N2O2. The summed E-state index contributed by atoms with van der Waals surface area (Å²) in [7, 11) is 1.62. The van der Waals surface area contributed by atoms with E-state index in [2.05, 4.69) is 53.1 Å². The Hall–Kier alpha value is -3.27. The molecule has 6 rings (SSSR count). The standard InChI is InChI=1S/C28H28N2O2/c1-32-24-10-6-5-9-23(24)30-28(31)20-13-14-22-21(16-20)25-18-11-12-19(15-18)26(25)27(29-22)17-7-3-2-4-8-17/h2-10,13-14,16,18-19,25-27,29H,11-12,15H2,1H3,(H,30,31)/t18-,19-,25+,26-,27-/m0/s1. The van der Waals surface area contributed by atoms with Gasteiger partial charge in [-0.25, -0.2) is 0 Å². The third-order valence-electron chi connectivity index (χ3n) is 7.86. The fourth-order valence-corrected chi connectivity index (χ4v) is 6.56. The summed E-state index contributed by atoms with van der Waals surface area (Å²) in [5.41, 5.74) is 5.27. The Morgan fingerprint density at radius 2 is 1.75 bits per heavy atom. The van der Waals surface area contributed by atoms with Gasteiger partial charge in [-0.2, -0.15) is 0 Å². The van der Waals surface area contributed by atoms with Gasteiger partial charge in [-0.3, -0.25) is 4.79 Å². The van der Waals surface area contributed by atoms with Crippen LogP contribution in [0.2, 0.25) is 0 Å².